The number of thioether (sulfide) groups is 1. The van der Waals surface area contributed by atoms with Crippen LogP contribution in [0.1, 0.15) is 33.2 Å². The number of hydrogen-bond donors (Lipinski definition) is 1. The first-order valence-electron chi connectivity index (χ1n) is 9.41. The number of aromatic nitrogens is 4. The Morgan fingerprint density at radius 1 is 1.13 bits per heavy atom. The summed E-state index contributed by atoms with van der Waals surface area (Å²) in [5.41, 5.74) is 2.82. The van der Waals surface area contributed by atoms with E-state index in [4.69, 9.17) is 9.26 Å². The largest absolute Gasteiger partial charge is 0.485 e. The monoisotopic (exact) mass is 453 g/mol. The average Bonchev–Trinajstić information content (AvgIpc) is 3.40. The summed E-state index contributed by atoms with van der Waals surface area (Å²) in [5, 5.41) is 15.2. The highest BCUT2D eigenvalue weighted by Gasteiger charge is 2.16. The van der Waals surface area contributed by atoms with Crippen molar-refractivity contribution in [3.05, 3.63) is 76.9 Å². The highest BCUT2D eigenvalue weighted by atomic mass is 32.2. The zero-order chi connectivity index (χ0) is 21.6. The summed E-state index contributed by atoms with van der Waals surface area (Å²) in [7, 11) is 0. The molecule has 0 saturated carbocycles. The molecule has 1 amide bonds. The van der Waals surface area contributed by atoms with Gasteiger partial charge in [-0.3, -0.25) is 10.1 Å². The van der Waals surface area contributed by atoms with Crippen molar-refractivity contribution in [2.75, 3.05) is 5.32 Å². The molecule has 2 aromatic heterocycles. The van der Waals surface area contributed by atoms with E-state index < -0.39 is 0 Å². The average molecular weight is 454 g/mol. The van der Waals surface area contributed by atoms with Crippen LogP contribution in [-0.2, 0) is 12.4 Å². The van der Waals surface area contributed by atoms with Gasteiger partial charge in [-0.25, -0.2) is 0 Å². The number of carbonyl (C=O) groups excluding carboxylic acids is 1. The highest BCUT2D eigenvalue weighted by Crippen LogP contribution is 2.29. The van der Waals surface area contributed by atoms with Crippen molar-refractivity contribution < 1.29 is 14.1 Å². The SMILES string of the molecule is Cc1ccc(CSc2nnc(NC(=O)c3ccccc3OCc3noc(C)n3)s2)cc1. The van der Waals surface area contributed by atoms with E-state index in [1.54, 1.807) is 43.0 Å². The zero-order valence-corrected chi connectivity index (χ0v) is 18.5. The lowest BCUT2D eigenvalue weighted by Crippen LogP contribution is -2.13. The number of aryl methyl sites for hydroxylation is 2. The molecule has 0 radical (unpaired) electrons. The first kappa shape index (κ1) is 21.0. The number of ether oxygens (including phenoxy) is 1. The molecule has 158 valence electrons. The van der Waals surface area contributed by atoms with E-state index in [1.807, 2.05) is 0 Å². The third kappa shape index (κ3) is 5.68. The van der Waals surface area contributed by atoms with Crippen LogP contribution < -0.4 is 10.1 Å². The second-order valence-corrected chi connectivity index (χ2v) is 8.82. The smallest absolute Gasteiger partial charge is 0.261 e. The van der Waals surface area contributed by atoms with Gasteiger partial charge in [0.05, 0.1) is 5.56 Å². The quantitative estimate of drug-likeness (QED) is 0.303. The number of nitrogens with one attached hydrogen (secondary N) is 1. The van der Waals surface area contributed by atoms with Crippen LogP contribution in [0.2, 0.25) is 0 Å². The topological polar surface area (TPSA) is 103 Å². The standard InChI is InChI=1S/C21H19N5O3S2/c1-13-7-9-15(10-8-13)12-30-21-25-24-20(31-21)23-19(27)16-5-3-4-6-17(16)28-11-18-22-14(2)29-26-18/h3-10H,11-12H2,1-2H3,(H,23,24,27). The molecule has 0 aliphatic heterocycles. The minimum atomic E-state index is -0.328. The summed E-state index contributed by atoms with van der Waals surface area (Å²) < 4.78 is 11.4. The Bertz CT molecular complexity index is 1170. The number of nitrogens with zero attached hydrogens (tertiary/aromatic N) is 4. The van der Waals surface area contributed by atoms with Gasteiger partial charge in [0.1, 0.15) is 5.75 Å². The number of para-hydroxylation sites is 1. The number of amides is 1. The van der Waals surface area contributed by atoms with Crippen LogP contribution in [0.15, 0.2) is 57.4 Å². The molecule has 1 N–H and O–H groups in total. The fourth-order valence-electron chi connectivity index (χ4n) is 2.63. The molecular weight excluding hydrogens is 434 g/mol. The third-order valence-electron chi connectivity index (χ3n) is 4.17. The molecular formula is C21H19N5O3S2. The number of benzene rings is 2. The number of anilines is 1. The molecule has 4 aromatic rings. The molecule has 0 aliphatic rings. The lowest BCUT2D eigenvalue weighted by Gasteiger charge is -2.09. The molecule has 2 heterocycles. The summed E-state index contributed by atoms with van der Waals surface area (Å²) in [5.74, 6) is 1.74. The number of rotatable bonds is 8. The van der Waals surface area contributed by atoms with E-state index in [2.05, 4.69) is 56.8 Å². The fraction of sp³-hybridized carbons (Fsp3) is 0.190. The van der Waals surface area contributed by atoms with Gasteiger partial charge in [0.15, 0.2) is 10.9 Å². The van der Waals surface area contributed by atoms with Crippen LogP contribution in [0.5, 0.6) is 5.75 Å². The van der Waals surface area contributed by atoms with E-state index in [0.717, 1.165) is 10.1 Å². The van der Waals surface area contributed by atoms with E-state index in [0.29, 0.717) is 28.2 Å². The minimum Gasteiger partial charge on any atom is -0.485 e. The maximum Gasteiger partial charge on any atom is 0.261 e. The Morgan fingerprint density at radius 3 is 2.71 bits per heavy atom. The Hall–Kier alpha value is -3.24. The van der Waals surface area contributed by atoms with Gasteiger partial charge >= 0.3 is 0 Å². The van der Waals surface area contributed by atoms with E-state index in [9.17, 15) is 4.79 Å². The van der Waals surface area contributed by atoms with Crippen molar-refractivity contribution in [1.82, 2.24) is 20.3 Å². The van der Waals surface area contributed by atoms with Crippen molar-refractivity contribution in [2.24, 2.45) is 0 Å². The molecule has 31 heavy (non-hydrogen) atoms. The Morgan fingerprint density at radius 2 is 1.94 bits per heavy atom. The van der Waals surface area contributed by atoms with Gasteiger partial charge in [0, 0.05) is 12.7 Å². The van der Waals surface area contributed by atoms with Crippen LogP contribution >= 0.6 is 23.1 Å². The first-order chi connectivity index (χ1) is 15.1. The van der Waals surface area contributed by atoms with Crippen molar-refractivity contribution >= 4 is 34.1 Å². The Kier molecular flexibility index (Phi) is 6.58. The summed E-state index contributed by atoms with van der Waals surface area (Å²) in [6, 6.07) is 15.3. The van der Waals surface area contributed by atoms with E-state index >= 15 is 0 Å². The normalized spacial score (nSPS) is 10.8. The Balaban J connectivity index is 1.36. The molecule has 0 unspecified atom stereocenters. The van der Waals surface area contributed by atoms with Crippen LogP contribution in [0.4, 0.5) is 5.13 Å². The fourth-order valence-corrected chi connectivity index (χ4v) is 4.34. The maximum atomic E-state index is 12.8. The highest BCUT2D eigenvalue weighted by molar-refractivity contribution is 8.00. The second-order valence-electron chi connectivity index (χ2n) is 6.62. The molecule has 10 heteroatoms. The summed E-state index contributed by atoms with van der Waals surface area (Å²) in [6.45, 7) is 3.86. The van der Waals surface area contributed by atoms with E-state index in [1.165, 1.54) is 22.5 Å². The summed E-state index contributed by atoms with van der Waals surface area (Å²) in [6.07, 6.45) is 0. The minimum absolute atomic E-state index is 0.0975. The predicted molar refractivity (Wildman–Crippen MR) is 118 cm³/mol. The zero-order valence-electron chi connectivity index (χ0n) is 16.9. The molecule has 0 atom stereocenters. The molecule has 0 aliphatic carbocycles. The van der Waals surface area contributed by atoms with Crippen LogP contribution in [0.3, 0.4) is 0 Å². The lowest BCUT2D eigenvalue weighted by atomic mass is 10.2. The summed E-state index contributed by atoms with van der Waals surface area (Å²) >= 11 is 2.91. The maximum absolute atomic E-state index is 12.8. The first-order valence-corrected chi connectivity index (χ1v) is 11.2. The van der Waals surface area contributed by atoms with Gasteiger partial charge in [-0.1, -0.05) is 70.2 Å². The van der Waals surface area contributed by atoms with Gasteiger partial charge in [-0.2, -0.15) is 4.98 Å². The number of carbonyl (C=O) groups is 1. The number of hydrogen-bond acceptors (Lipinski definition) is 9. The molecule has 0 fully saturated rings. The van der Waals surface area contributed by atoms with Crippen molar-refractivity contribution in [3.63, 3.8) is 0 Å². The van der Waals surface area contributed by atoms with Crippen molar-refractivity contribution in [2.45, 2.75) is 30.5 Å². The van der Waals surface area contributed by atoms with Gasteiger partial charge in [0.25, 0.3) is 5.91 Å². The lowest BCUT2D eigenvalue weighted by molar-refractivity contribution is 0.102. The van der Waals surface area contributed by atoms with Crippen molar-refractivity contribution in [3.8, 4) is 5.75 Å². The molecule has 0 saturated heterocycles. The molecule has 8 nitrogen and oxygen atoms in total. The molecule has 0 spiro atoms. The predicted octanol–water partition coefficient (Wildman–Crippen LogP) is 4.66. The van der Waals surface area contributed by atoms with Crippen LogP contribution in [0.25, 0.3) is 0 Å². The van der Waals surface area contributed by atoms with Gasteiger partial charge < -0.3 is 9.26 Å². The van der Waals surface area contributed by atoms with E-state index in [-0.39, 0.29) is 12.5 Å². The van der Waals surface area contributed by atoms with Crippen LogP contribution in [0, 0.1) is 13.8 Å². The molecule has 0 bridgehead atoms. The second kappa shape index (κ2) is 9.71. The summed E-state index contributed by atoms with van der Waals surface area (Å²) in [4.78, 5) is 16.9. The van der Waals surface area contributed by atoms with Crippen LogP contribution in [-0.4, -0.2) is 26.2 Å². The van der Waals surface area contributed by atoms with Gasteiger partial charge in [-0.05, 0) is 24.6 Å². The molecule has 2 aromatic carbocycles. The van der Waals surface area contributed by atoms with Crippen molar-refractivity contribution in [1.29, 1.82) is 0 Å². The molecule has 4 rings (SSSR count). The van der Waals surface area contributed by atoms with Gasteiger partial charge in [-0.15, -0.1) is 10.2 Å². The Labute approximate surface area is 187 Å². The third-order valence-corrected chi connectivity index (χ3v) is 6.21. The van der Waals surface area contributed by atoms with Gasteiger partial charge in [0.2, 0.25) is 16.8 Å².